The van der Waals surface area contributed by atoms with Crippen molar-refractivity contribution in [3.63, 3.8) is 0 Å². The van der Waals surface area contributed by atoms with Gasteiger partial charge in [-0.15, -0.1) is 11.3 Å². The largest absolute Gasteiger partial charge is 0.345 e. The zero-order valence-electron chi connectivity index (χ0n) is 15.9. The molecule has 2 saturated carbocycles. The molecule has 2 aliphatic carbocycles. The molecule has 150 valence electrons. The van der Waals surface area contributed by atoms with Crippen molar-refractivity contribution in [3.8, 4) is 0 Å². The van der Waals surface area contributed by atoms with Crippen LogP contribution < -0.4 is 5.32 Å². The van der Waals surface area contributed by atoms with Crippen LogP contribution in [0.1, 0.15) is 79.2 Å². The second-order valence-corrected chi connectivity index (χ2v) is 11.3. The van der Waals surface area contributed by atoms with Crippen LogP contribution in [0, 0.1) is 5.92 Å². The predicted octanol–water partition coefficient (Wildman–Crippen LogP) is 3.12. The number of hydrogen-bond acceptors (Lipinski definition) is 5. The lowest BCUT2D eigenvalue weighted by atomic mass is 9.82. The molecule has 0 bridgehead atoms. The number of nitrogens with one attached hydrogen (secondary N) is 1. The van der Waals surface area contributed by atoms with Crippen LogP contribution in [0.2, 0.25) is 0 Å². The van der Waals surface area contributed by atoms with E-state index in [4.69, 9.17) is 0 Å². The number of carbonyl (C=O) groups excluding carboxylic acids is 1. The van der Waals surface area contributed by atoms with Crippen molar-refractivity contribution in [3.05, 3.63) is 16.1 Å². The van der Waals surface area contributed by atoms with Gasteiger partial charge >= 0.3 is 0 Å². The summed E-state index contributed by atoms with van der Waals surface area (Å²) in [6.07, 6.45) is 11.4. The van der Waals surface area contributed by atoms with Crippen LogP contribution in [0.4, 0.5) is 0 Å². The number of amides is 1. The van der Waals surface area contributed by atoms with E-state index in [0.29, 0.717) is 24.7 Å². The van der Waals surface area contributed by atoms with E-state index in [1.165, 1.54) is 54.0 Å². The molecule has 1 aromatic heterocycles. The Hall–Kier alpha value is -0.990. The average molecular weight is 412 g/mol. The summed E-state index contributed by atoms with van der Waals surface area (Å²) in [5, 5.41) is 6.15. The molecule has 1 amide bonds. The molecule has 1 aromatic rings. The molecule has 27 heavy (non-hydrogen) atoms. The second-order valence-electron chi connectivity index (χ2n) is 8.45. The Morgan fingerprint density at radius 2 is 1.85 bits per heavy atom. The fourth-order valence-corrected chi connectivity index (χ4v) is 6.57. The standard InChI is InChI=1S/C19H29N3O3S2/c1-27(24,25)22-11-7-14(8-12-22)18-20-16(13-26-18)17(23)21-19(9-10-19)15-5-3-2-4-6-15/h13-15H,2-12H2,1H3,(H,21,23). The number of piperidine rings is 1. The third kappa shape index (κ3) is 4.22. The van der Waals surface area contributed by atoms with E-state index in [0.717, 1.165) is 30.7 Å². The fourth-order valence-electron chi connectivity index (χ4n) is 4.73. The molecule has 0 atom stereocenters. The maximum Gasteiger partial charge on any atom is 0.271 e. The quantitative estimate of drug-likeness (QED) is 0.807. The highest BCUT2D eigenvalue weighted by molar-refractivity contribution is 7.88. The number of thiazole rings is 1. The molecular weight excluding hydrogens is 382 g/mol. The van der Waals surface area contributed by atoms with Gasteiger partial charge in [0.15, 0.2) is 0 Å². The van der Waals surface area contributed by atoms with E-state index >= 15 is 0 Å². The monoisotopic (exact) mass is 411 g/mol. The molecule has 1 saturated heterocycles. The van der Waals surface area contributed by atoms with Gasteiger partial charge in [0.25, 0.3) is 5.91 Å². The van der Waals surface area contributed by atoms with Gasteiger partial charge in [-0.2, -0.15) is 0 Å². The van der Waals surface area contributed by atoms with E-state index in [2.05, 4.69) is 10.3 Å². The van der Waals surface area contributed by atoms with Gasteiger partial charge in [-0.25, -0.2) is 17.7 Å². The summed E-state index contributed by atoms with van der Waals surface area (Å²) in [4.78, 5) is 17.4. The zero-order chi connectivity index (χ0) is 19.1. The lowest BCUT2D eigenvalue weighted by molar-refractivity contribution is 0.0897. The van der Waals surface area contributed by atoms with Crippen molar-refractivity contribution in [2.75, 3.05) is 19.3 Å². The molecule has 3 fully saturated rings. The highest BCUT2D eigenvalue weighted by Crippen LogP contribution is 2.48. The molecule has 4 rings (SSSR count). The maximum absolute atomic E-state index is 12.8. The highest BCUT2D eigenvalue weighted by Gasteiger charge is 2.50. The minimum absolute atomic E-state index is 0.0299. The van der Waals surface area contributed by atoms with Crippen molar-refractivity contribution >= 4 is 27.3 Å². The first kappa shape index (κ1) is 19.3. The van der Waals surface area contributed by atoms with Crippen LogP contribution in [0.5, 0.6) is 0 Å². The van der Waals surface area contributed by atoms with Crippen LogP contribution in [-0.2, 0) is 10.0 Å². The van der Waals surface area contributed by atoms with Gasteiger partial charge in [0.2, 0.25) is 10.0 Å². The highest BCUT2D eigenvalue weighted by atomic mass is 32.2. The number of aromatic nitrogens is 1. The Morgan fingerprint density at radius 3 is 2.44 bits per heavy atom. The summed E-state index contributed by atoms with van der Waals surface area (Å²) in [7, 11) is -3.11. The molecule has 6 nitrogen and oxygen atoms in total. The topological polar surface area (TPSA) is 79.4 Å². The molecular formula is C19H29N3O3S2. The third-order valence-electron chi connectivity index (χ3n) is 6.56. The van der Waals surface area contributed by atoms with Gasteiger partial charge in [0, 0.05) is 29.9 Å². The summed E-state index contributed by atoms with van der Waals surface area (Å²) in [5.41, 5.74) is 0.560. The minimum Gasteiger partial charge on any atom is -0.345 e. The molecule has 2 heterocycles. The van der Waals surface area contributed by atoms with Crippen LogP contribution >= 0.6 is 11.3 Å². The molecule has 0 unspecified atom stereocenters. The van der Waals surface area contributed by atoms with Crippen LogP contribution in [0.3, 0.4) is 0 Å². The Morgan fingerprint density at radius 1 is 1.19 bits per heavy atom. The first-order chi connectivity index (χ1) is 12.9. The Labute approximate surface area is 165 Å². The van der Waals surface area contributed by atoms with Gasteiger partial charge < -0.3 is 5.32 Å². The number of carbonyl (C=O) groups is 1. The van der Waals surface area contributed by atoms with E-state index in [1.807, 2.05) is 5.38 Å². The summed E-state index contributed by atoms with van der Waals surface area (Å²) in [6, 6.07) is 0. The molecule has 0 aromatic carbocycles. The third-order valence-corrected chi connectivity index (χ3v) is 8.87. The molecule has 0 radical (unpaired) electrons. The van der Waals surface area contributed by atoms with E-state index < -0.39 is 10.0 Å². The molecule has 1 N–H and O–H groups in total. The van der Waals surface area contributed by atoms with Gasteiger partial charge in [-0.3, -0.25) is 4.79 Å². The van der Waals surface area contributed by atoms with Crippen molar-refractivity contribution < 1.29 is 13.2 Å². The first-order valence-electron chi connectivity index (χ1n) is 10.1. The minimum atomic E-state index is -3.11. The van der Waals surface area contributed by atoms with Crippen molar-refractivity contribution in [1.82, 2.24) is 14.6 Å². The lowest BCUT2D eigenvalue weighted by Crippen LogP contribution is -2.43. The van der Waals surface area contributed by atoms with Gasteiger partial charge in [0.1, 0.15) is 5.69 Å². The lowest BCUT2D eigenvalue weighted by Gasteiger charge is -2.31. The van der Waals surface area contributed by atoms with Gasteiger partial charge in [-0.1, -0.05) is 19.3 Å². The smallest absolute Gasteiger partial charge is 0.271 e. The molecule has 0 spiro atoms. The number of rotatable bonds is 5. The van der Waals surface area contributed by atoms with E-state index in [-0.39, 0.29) is 17.4 Å². The van der Waals surface area contributed by atoms with Gasteiger partial charge in [0.05, 0.1) is 11.3 Å². The van der Waals surface area contributed by atoms with Crippen LogP contribution in [0.25, 0.3) is 0 Å². The Bertz CT molecular complexity index is 787. The summed E-state index contributed by atoms with van der Waals surface area (Å²) >= 11 is 1.54. The summed E-state index contributed by atoms with van der Waals surface area (Å²) in [6.45, 7) is 1.07. The first-order valence-corrected chi connectivity index (χ1v) is 12.8. The van der Waals surface area contributed by atoms with Crippen molar-refractivity contribution in [1.29, 1.82) is 0 Å². The average Bonchev–Trinajstić information content (AvgIpc) is 3.27. The van der Waals surface area contributed by atoms with Crippen molar-refractivity contribution in [2.24, 2.45) is 5.92 Å². The van der Waals surface area contributed by atoms with Crippen molar-refractivity contribution in [2.45, 2.75) is 69.2 Å². The second kappa shape index (κ2) is 7.44. The Balaban J connectivity index is 1.36. The summed E-state index contributed by atoms with van der Waals surface area (Å²) < 4.78 is 24.8. The summed E-state index contributed by atoms with van der Waals surface area (Å²) in [5.74, 6) is 0.852. The zero-order valence-corrected chi connectivity index (χ0v) is 17.6. The Kier molecular flexibility index (Phi) is 5.33. The molecule has 8 heteroatoms. The number of nitrogens with zero attached hydrogens (tertiary/aromatic N) is 2. The predicted molar refractivity (Wildman–Crippen MR) is 107 cm³/mol. The maximum atomic E-state index is 12.8. The van der Waals surface area contributed by atoms with Crippen LogP contribution in [0.15, 0.2) is 5.38 Å². The molecule has 3 aliphatic rings. The number of sulfonamides is 1. The van der Waals surface area contributed by atoms with Gasteiger partial charge in [-0.05, 0) is 44.4 Å². The molecule has 1 aliphatic heterocycles. The van der Waals surface area contributed by atoms with Crippen LogP contribution in [-0.4, -0.2) is 48.5 Å². The van der Waals surface area contributed by atoms with E-state index in [1.54, 1.807) is 0 Å². The fraction of sp³-hybridized carbons (Fsp3) is 0.789. The SMILES string of the molecule is CS(=O)(=O)N1CCC(c2nc(C(=O)NC3(C4CCCCC4)CC3)cs2)CC1. The number of hydrogen-bond donors (Lipinski definition) is 1. The normalized spacial score (nSPS) is 24.6. The van der Waals surface area contributed by atoms with E-state index in [9.17, 15) is 13.2 Å².